The third-order valence-corrected chi connectivity index (χ3v) is 5.64. The first kappa shape index (κ1) is 21.8. The minimum Gasteiger partial charge on any atom is -0.494 e. The Morgan fingerprint density at radius 3 is 2.56 bits per heavy atom. The number of fused-ring (bicyclic) bond motifs is 1. The number of methoxy groups -OCH3 is 1. The second-order valence-corrected chi connectivity index (χ2v) is 7.70. The number of aromatic nitrogens is 3. The molecule has 168 valence electrons. The number of alkyl halides is 3. The van der Waals surface area contributed by atoms with Crippen LogP contribution in [-0.4, -0.2) is 34.1 Å². The molecule has 11 heteroatoms. The first-order chi connectivity index (χ1) is 15.2. The number of hydrogen-bond donors (Lipinski definition) is 3. The van der Waals surface area contributed by atoms with Gasteiger partial charge in [-0.05, 0) is 36.6 Å². The van der Waals surface area contributed by atoms with Crippen LogP contribution in [0.1, 0.15) is 36.1 Å². The topological polar surface area (TPSA) is 138 Å². The van der Waals surface area contributed by atoms with Crippen molar-refractivity contribution in [3.8, 4) is 5.75 Å². The molecule has 1 aliphatic carbocycles. The molecule has 8 nitrogen and oxygen atoms in total. The molecule has 1 saturated carbocycles. The molecule has 0 spiro atoms. The van der Waals surface area contributed by atoms with Gasteiger partial charge in [0.15, 0.2) is 5.82 Å². The van der Waals surface area contributed by atoms with E-state index in [9.17, 15) is 13.2 Å². The van der Waals surface area contributed by atoms with E-state index >= 15 is 0 Å². The van der Waals surface area contributed by atoms with Crippen molar-refractivity contribution in [3.05, 3.63) is 47.8 Å². The molecule has 1 atom stereocenters. The number of nitrogens with two attached hydrogens (primary N) is 3. The van der Waals surface area contributed by atoms with Crippen LogP contribution in [0.2, 0.25) is 0 Å². The molecule has 32 heavy (non-hydrogen) atoms. The lowest BCUT2D eigenvalue weighted by Gasteiger charge is -2.34. The highest BCUT2D eigenvalue weighted by Gasteiger charge is 2.38. The number of benzene rings is 1. The van der Waals surface area contributed by atoms with E-state index in [1.54, 1.807) is 18.2 Å². The third-order valence-electron chi connectivity index (χ3n) is 5.64. The highest BCUT2D eigenvalue weighted by atomic mass is 19.4. The van der Waals surface area contributed by atoms with E-state index < -0.39 is 12.2 Å². The summed E-state index contributed by atoms with van der Waals surface area (Å²) < 4.78 is 43.6. The smallest absolute Gasteiger partial charge is 0.407 e. The van der Waals surface area contributed by atoms with Crippen LogP contribution in [0.5, 0.6) is 5.75 Å². The molecule has 3 aromatic rings. The Morgan fingerprint density at radius 1 is 1.19 bits per heavy atom. The second-order valence-electron chi connectivity index (χ2n) is 7.70. The van der Waals surface area contributed by atoms with E-state index in [1.807, 2.05) is 6.07 Å². The van der Waals surface area contributed by atoms with Crippen LogP contribution >= 0.6 is 0 Å². The van der Waals surface area contributed by atoms with Crippen LogP contribution in [0.25, 0.3) is 10.9 Å². The number of anilines is 1. The monoisotopic (exact) mass is 445 g/mol. The highest BCUT2D eigenvalue weighted by Crippen LogP contribution is 2.42. The summed E-state index contributed by atoms with van der Waals surface area (Å²) in [6.07, 6.45) is -1.97. The summed E-state index contributed by atoms with van der Waals surface area (Å²) in [6.45, 7) is 0. The highest BCUT2D eigenvalue weighted by molar-refractivity contribution is 5.96. The number of amidine groups is 1. The fourth-order valence-corrected chi connectivity index (χ4v) is 3.72. The Balaban J connectivity index is 1.49. The third kappa shape index (κ3) is 4.15. The van der Waals surface area contributed by atoms with Crippen molar-refractivity contribution in [2.45, 2.75) is 31.0 Å². The molecule has 4 rings (SSSR count). The molecule has 0 radical (unpaired) electrons. The molecule has 2 aromatic heterocycles. The zero-order chi connectivity index (χ0) is 23.0. The van der Waals surface area contributed by atoms with Crippen LogP contribution in [0.15, 0.2) is 41.5 Å². The number of para-hydroxylation sites is 1. The molecule has 2 heterocycles. The number of ether oxygens (including phenoxy) is 1. The summed E-state index contributed by atoms with van der Waals surface area (Å²) in [5, 5.41) is 0.663. The Morgan fingerprint density at radius 2 is 1.94 bits per heavy atom. The summed E-state index contributed by atoms with van der Waals surface area (Å²) in [6, 6.07) is 6.28. The van der Waals surface area contributed by atoms with Gasteiger partial charge in [0, 0.05) is 29.1 Å². The number of rotatable bonds is 5. The average Bonchev–Trinajstić information content (AvgIpc) is 2.71. The molecule has 0 saturated heterocycles. The lowest BCUT2D eigenvalue weighted by molar-refractivity contribution is -0.149. The summed E-state index contributed by atoms with van der Waals surface area (Å²) in [4.78, 5) is 17.1. The van der Waals surface area contributed by atoms with Crippen LogP contribution in [0.3, 0.4) is 0 Å². The van der Waals surface area contributed by atoms with Crippen molar-refractivity contribution in [3.63, 3.8) is 0 Å². The fraction of sp³-hybridized carbons (Fsp3) is 0.333. The second kappa shape index (κ2) is 8.23. The maximum Gasteiger partial charge on any atom is 0.407 e. The van der Waals surface area contributed by atoms with Gasteiger partial charge in [0.2, 0.25) is 5.95 Å². The SMILES string of the molecule is COc1cccc2c(N=C(N)C3CC(c4ccc(C(N)C(F)(F)F)cn4)C3)nc(N)nc12. The van der Waals surface area contributed by atoms with E-state index in [1.165, 1.54) is 19.4 Å². The zero-order valence-corrected chi connectivity index (χ0v) is 17.2. The van der Waals surface area contributed by atoms with E-state index in [0.29, 0.717) is 46.8 Å². The standard InChI is InChI=1S/C21H22F3N7O/c1-32-15-4-2-3-13-16(15)29-20(27)31-19(13)30-18(26)12-7-11(8-12)14-6-5-10(9-28-14)17(25)21(22,23)24/h2-6,9,11-12,17H,7-8,25H2,1H3,(H4,26,27,29,30,31). The number of halogens is 3. The van der Waals surface area contributed by atoms with E-state index in [-0.39, 0.29) is 23.3 Å². The van der Waals surface area contributed by atoms with E-state index in [2.05, 4.69) is 19.9 Å². The molecule has 0 aliphatic heterocycles. The zero-order valence-electron chi connectivity index (χ0n) is 17.2. The van der Waals surface area contributed by atoms with Gasteiger partial charge < -0.3 is 21.9 Å². The van der Waals surface area contributed by atoms with E-state index in [4.69, 9.17) is 21.9 Å². The molecular formula is C21H22F3N7O. The summed E-state index contributed by atoms with van der Waals surface area (Å²) in [5.41, 5.74) is 18.5. The number of hydrogen-bond acceptors (Lipinski definition) is 7. The molecule has 1 unspecified atom stereocenters. The molecule has 6 N–H and O–H groups in total. The number of nitrogen functional groups attached to an aromatic ring is 1. The largest absolute Gasteiger partial charge is 0.494 e. The van der Waals surface area contributed by atoms with Gasteiger partial charge >= 0.3 is 6.18 Å². The number of pyridine rings is 1. The van der Waals surface area contributed by atoms with Crippen LogP contribution in [0.4, 0.5) is 24.9 Å². The molecule has 0 bridgehead atoms. The van der Waals surface area contributed by atoms with Gasteiger partial charge in [-0.15, -0.1) is 0 Å². The van der Waals surface area contributed by atoms with Gasteiger partial charge in [-0.1, -0.05) is 12.1 Å². The van der Waals surface area contributed by atoms with Gasteiger partial charge in [0.25, 0.3) is 0 Å². The maximum atomic E-state index is 12.8. The Hall–Kier alpha value is -3.47. The summed E-state index contributed by atoms with van der Waals surface area (Å²) in [7, 11) is 1.54. The summed E-state index contributed by atoms with van der Waals surface area (Å²) >= 11 is 0. The summed E-state index contributed by atoms with van der Waals surface area (Å²) in [5.74, 6) is 1.44. The molecule has 1 aliphatic rings. The van der Waals surface area contributed by atoms with Crippen molar-refractivity contribution in [2.75, 3.05) is 12.8 Å². The van der Waals surface area contributed by atoms with Gasteiger partial charge in [-0.25, -0.2) is 9.98 Å². The Labute approximate surface area is 181 Å². The van der Waals surface area contributed by atoms with Gasteiger partial charge in [0.05, 0.1) is 7.11 Å². The molecule has 1 fully saturated rings. The van der Waals surface area contributed by atoms with Crippen molar-refractivity contribution < 1.29 is 17.9 Å². The number of aliphatic imine (C=N–C) groups is 1. The van der Waals surface area contributed by atoms with Crippen LogP contribution in [-0.2, 0) is 0 Å². The van der Waals surface area contributed by atoms with Crippen LogP contribution in [0, 0.1) is 5.92 Å². The first-order valence-corrected chi connectivity index (χ1v) is 9.89. The minimum absolute atomic E-state index is 0.00393. The first-order valence-electron chi connectivity index (χ1n) is 9.89. The quantitative estimate of drug-likeness (QED) is 0.404. The molecular weight excluding hydrogens is 423 g/mol. The van der Waals surface area contributed by atoms with E-state index in [0.717, 1.165) is 0 Å². The van der Waals surface area contributed by atoms with Crippen molar-refractivity contribution in [1.29, 1.82) is 0 Å². The molecule has 1 aromatic carbocycles. The normalized spacial score (nSPS) is 20.1. The average molecular weight is 445 g/mol. The van der Waals surface area contributed by atoms with Gasteiger partial charge in [0.1, 0.15) is 23.1 Å². The number of nitrogens with zero attached hydrogens (tertiary/aromatic N) is 4. The molecule has 0 amide bonds. The van der Waals surface area contributed by atoms with Gasteiger partial charge in [-0.3, -0.25) is 4.98 Å². The van der Waals surface area contributed by atoms with Crippen molar-refractivity contribution in [2.24, 2.45) is 22.4 Å². The van der Waals surface area contributed by atoms with Crippen LogP contribution < -0.4 is 21.9 Å². The Bertz CT molecular complexity index is 1160. The van der Waals surface area contributed by atoms with Crippen molar-refractivity contribution >= 4 is 28.5 Å². The minimum atomic E-state index is -4.51. The predicted molar refractivity (Wildman–Crippen MR) is 114 cm³/mol. The van der Waals surface area contributed by atoms with Crippen molar-refractivity contribution in [1.82, 2.24) is 15.0 Å². The lowest BCUT2D eigenvalue weighted by atomic mass is 9.72. The predicted octanol–water partition coefficient (Wildman–Crippen LogP) is 3.36. The fourth-order valence-electron chi connectivity index (χ4n) is 3.72. The van der Waals surface area contributed by atoms with Gasteiger partial charge in [-0.2, -0.15) is 18.2 Å². The maximum absolute atomic E-state index is 12.8. The lowest BCUT2D eigenvalue weighted by Crippen LogP contribution is -2.34. The Kier molecular flexibility index (Phi) is 5.59.